The molecule has 0 radical (unpaired) electrons. The van der Waals surface area contributed by atoms with E-state index in [1.807, 2.05) is 7.05 Å². The molecule has 2 rings (SSSR count). The molecular formula is C23H35N3. The third-order valence-corrected chi connectivity index (χ3v) is 4.87. The Bertz CT molecular complexity index is 583. The molecule has 0 aliphatic heterocycles. The van der Waals surface area contributed by atoms with Crippen molar-refractivity contribution < 1.29 is 0 Å². The van der Waals surface area contributed by atoms with Crippen molar-refractivity contribution in [3.05, 3.63) is 71.8 Å². The molecular weight excluding hydrogens is 318 g/mol. The van der Waals surface area contributed by atoms with E-state index in [1.165, 1.54) is 11.1 Å². The standard InChI is InChI=1S/C23H35N3/c1-19(2)23(18-24-3)26-17-22(16-21-12-8-5-9-13-21)25-15-14-20-10-6-4-7-11-20/h4-13,19,22-26H,14-18H2,1-3H3/t22-,23?/m0/s1. The van der Waals surface area contributed by atoms with E-state index in [9.17, 15) is 0 Å². The maximum atomic E-state index is 3.77. The molecule has 2 aromatic carbocycles. The molecule has 2 atom stereocenters. The van der Waals surface area contributed by atoms with Crippen LogP contribution in [0.2, 0.25) is 0 Å². The number of likely N-dealkylation sites (N-methyl/N-ethyl adjacent to an activating group) is 1. The molecule has 0 aromatic heterocycles. The first kappa shape index (κ1) is 20.6. The van der Waals surface area contributed by atoms with Crippen molar-refractivity contribution in [3.63, 3.8) is 0 Å². The zero-order valence-corrected chi connectivity index (χ0v) is 16.5. The molecule has 1 unspecified atom stereocenters. The van der Waals surface area contributed by atoms with E-state index >= 15 is 0 Å². The molecule has 26 heavy (non-hydrogen) atoms. The fraction of sp³-hybridized carbons (Fsp3) is 0.478. The van der Waals surface area contributed by atoms with Gasteiger partial charge in [-0.15, -0.1) is 0 Å². The molecule has 142 valence electrons. The van der Waals surface area contributed by atoms with Gasteiger partial charge < -0.3 is 16.0 Å². The van der Waals surface area contributed by atoms with Crippen molar-refractivity contribution in [2.24, 2.45) is 5.92 Å². The Kier molecular flexibility index (Phi) is 9.40. The monoisotopic (exact) mass is 353 g/mol. The molecule has 0 amide bonds. The maximum Gasteiger partial charge on any atom is 0.0233 e. The van der Waals surface area contributed by atoms with E-state index in [-0.39, 0.29) is 0 Å². The molecule has 0 aliphatic rings. The number of hydrogen-bond acceptors (Lipinski definition) is 3. The smallest absolute Gasteiger partial charge is 0.0233 e. The van der Waals surface area contributed by atoms with Crippen LogP contribution in [0.3, 0.4) is 0 Å². The second-order valence-electron chi connectivity index (χ2n) is 7.39. The van der Waals surface area contributed by atoms with Gasteiger partial charge in [-0.2, -0.15) is 0 Å². The van der Waals surface area contributed by atoms with E-state index in [0.717, 1.165) is 32.5 Å². The fourth-order valence-corrected chi connectivity index (χ4v) is 3.24. The summed E-state index contributed by atoms with van der Waals surface area (Å²) in [4.78, 5) is 0. The molecule has 0 heterocycles. The number of hydrogen-bond donors (Lipinski definition) is 3. The minimum atomic E-state index is 0.430. The maximum absolute atomic E-state index is 3.77. The summed E-state index contributed by atoms with van der Waals surface area (Å²) in [6.07, 6.45) is 2.11. The first-order chi connectivity index (χ1) is 12.7. The largest absolute Gasteiger partial charge is 0.318 e. The Morgan fingerprint density at radius 2 is 1.38 bits per heavy atom. The molecule has 0 bridgehead atoms. The number of nitrogens with one attached hydrogen (secondary N) is 3. The Morgan fingerprint density at radius 1 is 0.769 bits per heavy atom. The summed E-state index contributed by atoms with van der Waals surface area (Å²) in [6.45, 7) is 7.55. The van der Waals surface area contributed by atoms with Crippen molar-refractivity contribution >= 4 is 0 Å². The molecule has 3 N–H and O–H groups in total. The van der Waals surface area contributed by atoms with Crippen molar-refractivity contribution in [3.8, 4) is 0 Å². The van der Waals surface area contributed by atoms with Crippen LogP contribution >= 0.6 is 0 Å². The average Bonchev–Trinajstić information content (AvgIpc) is 2.66. The SMILES string of the molecule is CNCC(NC[C@H](Cc1ccccc1)NCCc1ccccc1)C(C)C. The second-order valence-corrected chi connectivity index (χ2v) is 7.39. The van der Waals surface area contributed by atoms with Gasteiger partial charge in [-0.05, 0) is 43.5 Å². The lowest BCUT2D eigenvalue weighted by Gasteiger charge is -2.26. The Hall–Kier alpha value is -1.68. The van der Waals surface area contributed by atoms with Gasteiger partial charge in [0.05, 0.1) is 0 Å². The zero-order chi connectivity index (χ0) is 18.6. The van der Waals surface area contributed by atoms with Gasteiger partial charge in [0.1, 0.15) is 0 Å². The minimum Gasteiger partial charge on any atom is -0.318 e. The van der Waals surface area contributed by atoms with Gasteiger partial charge in [-0.1, -0.05) is 74.5 Å². The Morgan fingerprint density at radius 3 is 1.96 bits per heavy atom. The summed E-state index contributed by atoms with van der Waals surface area (Å²) in [5.41, 5.74) is 2.78. The van der Waals surface area contributed by atoms with E-state index in [1.54, 1.807) is 0 Å². The fourth-order valence-electron chi connectivity index (χ4n) is 3.24. The van der Waals surface area contributed by atoms with Crippen LogP contribution < -0.4 is 16.0 Å². The van der Waals surface area contributed by atoms with Crippen molar-refractivity contribution in [2.75, 3.05) is 26.7 Å². The highest BCUT2D eigenvalue weighted by molar-refractivity contribution is 5.17. The quantitative estimate of drug-likeness (QED) is 0.548. The highest BCUT2D eigenvalue weighted by Gasteiger charge is 2.15. The van der Waals surface area contributed by atoms with Crippen molar-refractivity contribution in [1.29, 1.82) is 0 Å². The number of rotatable bonds is 12. The van der Waals surface area contributed by atoms with E-state index in [0.29, 0.717) is 18.0 Å². The molecule has 0 aliphatic carbocycles. The van der Waals surface area contributed by atoms with Crippen molar-refractivity contribution in [1.82, 2.24) is 16.0 Å². The molecule has 0 fully saturated rings. The Labute approximate surface area is 159 Å². The van der Waals surface area contributed by atoms with Crippen LogP contribution in [0.25, 0.3) is 0 Å². The first-order valence-electron chi connectivity index (χ1n) is 9.88. The Balaban J connectivity index is 1.89. The third-order valence-electron chi connectivity index (χ3n) is 4.87. The summed E-state index contributed by atoms with van der Waals surface area (Å²) in [6, 6.07) is 22.4. The van der Waals surface area contributed by atoms with Crippen LogP contribution in [-0.4, -0.2) is 38.8 Å². The highest BCUT2D eigenvalue weighted by atomic mass is 15.0. The predicted molar refractivity (Wildman–Crippen MR) is 113 cm³/mol. The van der Waals surface area contributed by atoms with Crippen LogP contribution in [0.4, 0.5) is 0 Å². The summed E-state index contributed by atoms with van der Waals surface area (Å²) in [5, 5.41) is 10.8. The lowest BCUT2D eigenvalue weighted by molar-refractivity contribution is 0.359. The van der Waals surface area contributed by atoms with E-state index < -0.39 is 0 Å². The van der Waals surface area contributed by atoms with Gasteiger partial charge in [-0.3, -0.25) is 0 Å². The van der Waals surface area contributed by atoms with Crippen LogP contribution in [0.15, 0.2) is 60.7 Å². The van der Waals surface area contributed by atoms with E-state index in [2.05, 4.69) is 90.5 Å². The van der Waals surface area contributed by atoms with Gasteiger partial charge in [0.15, 0.2) is 0 Å². The second kappa shape index (κ2) is 11.8. The van der Waals surface area contributed by atoms with Crippen LogP contribution in [-0.2, 0) is 12.8 Å². The van der Waals surface area contributed by atoms with Gasteiger partial charge in [0.25, 0.3) is 0 Å². The minimum absolute atomic E-state index is 0.430. The topological polar surface area (TPSA) is 36.1 Å². The molecule has 0 saturated heterocycles. The summed E-state index contributed by atoms with van der Waals surface area (Å²) in [7, 11) is 2.02. The molecule has 0 saturated carbocycles. The van der Waals surface area contributed by atoms with Crippen LogP contribution in [0, 0.1) is 5.92 Å². The van der Waals surface area contributed by atoms with Gasteiger partial charge >= 0.3 is 0 Å². The zero-order valence-electron chi connectivity index (χ0n) is 16.5. The lowest BCUT2D eigenvalue weighted by Crippen LogP contribution is -2.48. The normalized spacial score (nSPS) is 13.7. The molecule has 3 nitrogen and oxygen atoms in total. The highest BCUT2D eigenvalue weighted by Crippen LogP contribution is 2.06. The summed E-state index contributed by atoms with van der Waals surface area (Å²) >= 11 is 0. The average molecular weight is 354 g/mol. The van der Waals surface area contributed by atoms with Crippen LogP contribution in [0.5, 0.6) is 0 Å². The van der Waals surface area contributed by atoms with Crippen LogP contribution in [0.1, 0.15) is 25.0 Å². The van der Waals surface area contributed by atoms with Crippen molar-refractivity contribution in [2.45, 2.75) is 38.8 Å². The van der Waals surface area contributed by atoms with Gasteiger partial charge in [0, 0.05) is 25.2 Å². The predicted octanol–water partition coefficient (Wildman–Crippen LogP) is 3.26. The molecule has 2 aromatic rings. The molecule has 0 spiro atoms. The lowest BCUT2D eigenvalue weighted by atomic mass is 10.0. The van der Waals surface area contributed by atoms with Gasteiger partial charge in [0.2, 0.25) is 0 Å². The molecule has 3 heteroatoms. The number of benzene rings is 2. The summed E-state index contributed by atoms with van der Waals surface area (Å²) < 4.78 is 0. The summed E-state index contributed by atoms with van der Waals surface area (Å²) in [5.74, 6) is 0.615. The van der Waals surface area contributed by atoms with Gasteiger partial charge in [-0.25, -0.2) is 0 Å². The van der Waals surface area contributed by atoms with E-state index in [4.69, 9.17) is 0 Å². The first-order valence-corrected chi connectivity index (χ1v) is 9.88. The third kappa shape index (κ3) is 7.69.